The summed E-state index contributed by atoms with van der Waals surface area (Å²) in [5.41, 5.74) is 0.891. The third-order valence-electron chi connectivity index (χ3n) is 4.29. The number of hydrogen-bond donors (Lipinski definition) is 0. The summed E-state index contributed by atoms with van der Waals surface area (Å²) in [6.07, 6.45) is 2.36. The highest BCUT2D eigenvalue weighted by Crippen LogP contribution is 2.20. The second-order valence-corrected chi connectivity index (χ2v) is 8.95. The van der Waals surface area contributed by atoms with Gasteiger partial charge in [-0.15, -0.1) is 0 Å². The molecule has 0 atom stereocenters. The van der Waals surface area contributed by atoms with Crippen molar-refractivity contribution in [2.45, 2.75) is 51.5 Å². The Morgan fingerprint density at radius 3 is 2.24 bits per heavy atom. The normalized spacial score (nSPS) is 11.5. The second-order valence-electron chi connectivity index (χ2n) is 7.41. The quantitative estimate of drug-likeness (QED) is 0.519. The molecule has 29 heavy (non-hydrogen) atoms. The summed E-state index contributed by atoms with van der Waals surface area (Å²) in [5.74, 6) is 0.113. The van der Waals surface area contributed by atoms with Crippen LogP contribution in [0.5, 0.6) is 5.75 Å². The maximum Gasteiger partial charge on any atom is 0.339 e. The molecule has 0 aliphatic rings. The Labute approximate surface area is 172 Å². The van der Waals surface area contributed by atoms with Gasteiger partial charge in [0.1, 0.15) is 16.5 Å². The lowest BCUT2D eigenvalue weighted by atomic mass is 10.1. The highest BCUT2D eigenvalue weighted by molar-refractivity contribution is 7.87. The Hall–Kier alpha value is -2.41. The highest BCUT2D eigenvalue weighted by Gasteiger charge is 2.18. The first-order chi connectivity index (χ1) is 13.7. The molecule has 2 aromatic rings. The molecular weight excluding hydrogens is 393 g/mol. The number of carbonyl (C=O) groups is 1. The molecule has 0 N–H and O–H groups in total. The molecule has 0 aliphatic carbocycles. The molecular formula is C22H28FNO4S. The van der Waals surface area contributed by atoms with Crippen molar-refractivity contribution < 1.29 is 21.8 Å². The van der Waals surface area contributed by atoms with Gasteiger partial charge >= 0.3 is 10.1 Å². The lowest BCUT2D eigenvalue weighted by Crippen LogP contribution is -2.33. The zero-order chi connectivity index (χ0) is 21.4. The summed E-state index contributed by atoms with van der Waals surface area (Å²) in [6, 6.07) is 11.1. The van der Waals surface area contributed by atoms with Crippen molar-refractivity contribution in [2.75, 3.05) is 6.54 Å². The largest absolute Gasteiger partial charge is 0.379 e. The Balaban J connectivity index is 2.07. The van der Waals surface area contributed by atoms with E-state index in [4.69, 9.17) is 4.18 Å². The van der Waals surface area contributed by atoms with Crippen molar-refractivity contribution in [3.05, 3.63) is 59.9 Å². The molecule has 0 aliphatic heterocycles. The van der Waals surface area contributed by atoms with E-state index in [1.165, 1.54) is 0 Å². The highest BCUT2D eigenvalue weighted by atomic mass is 32.2. The van der Waals surface area contributed by atoms with Crippen LogP contribution in [0.3, 0.4) is 0 Å². The minimum atomic E-state index is -4.04. The first kappa shape index (κ1) is 22.9. The minimum Gasteiger partial charge on any atom is -0.379 e. The number of benzene rings is 2. The van der Waals surface area contributed by atoms with Crippen molar-refractivity contribution in [2.24, 2.45) is 5.92 Å². The lowest BCUT2D eigenvalue weighted by molar-refractivity contribution is -0.132. The van der Waals surface area contributed by atoms with E-state index in [2.05, 4.69) is 20.8 Å². The number of hydrogen-bond acceptors (Lipinski definition) is 4. The summed E-state index contributed by atoms with van der Waals surface area (Å²) >= 11 is 0. The number of halogens is 1. The van der Waals surface area contributed by atoms with Crippen molar-refractivity contribution in [3.8, 4) is 5.75 Å². The van der Waals surface area contributed by atoms with Crippen LogP contribution in [-0.4, -0.2) is 25.8 Å². The molecule has 0 saturated carbocycles. The standard InChI is InChI=1S/C22H28FNO4S/c1-4-5-6-22(25)24(15-17(2)3)16-18-7-11-20(12-8-18)28-29(26,27)21-13-9-19(23)10-14-21/h7-14,17H,4-6,15-16H2,1-3H3. The number of amides is 1. The third-order valence-corrected chi connectivity index (χ3v) is 5.55. The summed E-state index contributed by atoms with van der Waals surface area (Å²) in [5, 5.41) is 0. The topological polar surface area (TPSA) is 63.7 Å². The van der Waals surface area contributed by atoms with Crippen LogP contribution in [0, 0.1) is 11.7 Å². The molecule has 0 radical (unpaired) electrons. The number of carbonyl (C=O) groups excluding carboxylic acids is 1. The van der Waals surface area contributed by atoms with Crippen molar-refractivity contribution >= 4 is 16.0 Å². The van der Waals surface area contributed by atoms with E-state index in [9.17, 15) is 17.6 Å². The molecule has 2 aromatic carbocycles. The van der Waals surface area contributed by atoms with Crippen LogP contribution in [0.15, 0.2) is 53.4 Å². The van der Waals surface area contributed by atoms with Gasteiger partial charge in [0.2, 0.25) is 5.91 Å². The summed E-state index contributed by atoms with van der Waals surface area (Å²) in [7, 11) is -4.04. The van der Waals surface area contributed by atoms with E-state index in [0.29, 0.717) is 25.4 Å². The molecule has 0 bridgehead atoms. The fourth-order valence-corrected chi connectivity index (χ4v) is 3.76. The van der Waals surface area contributed by atoms with E-state index in [1.54, 1.807) is 24.3 Å². The maximum absolute atomic E-state index is 13.0. The van der Waals surface area contributed by atoms with Gasteiger partial charge in [-0.2, -0.15) is 8.42 Å². The van der Waals surface area contributed by atoms with Gasteiger partial charge in [0.05, 0.1) is 0 Å². The minimum absolute atomic E-state index is 0.118. The van der Waals surface area contributed by atoms with Gasteiger partial charge < -0.3 is 9.08 Å². The van der Waals surface area contributed by atoms with Gasteiger partial charge in [0.25, 0.3) is 0 Å². The van der Waals surface area contributed by atoms with Gasteiger partial charge in [0, 0.05) is 19.5 Å². The van der Waals surface area contributed by atoms with Gasteiger partial charge in [-0.3, -0.25) is 4.79 Å². The monoisotopic (exact) mass is 421 g/mol. The maximum atomic E-state index is 13.0. The molecule has 0 heterocycles. The summed E-state index contributed by atoms with van der Waals surface area (Å²) < 4.78 is 42.7. The van der Waals surface area contributed by atoms with E-state index in [-0.39, 0.29) is 16.6 Å². The Bertz CT molecular complexity index is 893. The van der Waals surface area contributed by atoms with Crippen molar-refractivity contribution in [1.82, 2.24) is 4.90 Å². The van der Waals surface area contributed by atoms with E-state index in [1.807, 2.05) is 4.90 Å². The Morgan fingerprint density at radius 2 is 1.69 bits per heavy atom. The molecule has 0 aromatic heterocycles. The molecule has 0 unspecified atom stereocenters. The molecule has 1 amide bonds. The SMILES string of the molecule is CCCCC(=O)N(Cc1ccc(OS(=O)(=O)c2ccc(F)cc2)cc1)CC(C)C. The molecule has 5 nitrogen and oxygen atoms in total. The van der Waals surface area contributed by atoms with Gasteiger partial charge in [-0.25, -0.2) is 4.39 Å². The lowest BCUT2D eigenvalue weighted by Gasteiger charge is -2.25. The molecule has 0 fully saturated rings. The van der Waals surface area contributed by atoms with Crippen LogP contribution in [0.1, 0.15) is 45.6 Å². The fourth-order valence-electron chi connectivity index (χ4n) is 2.83. The summed E-state index contributed by atoms with van der Waals surface area (Å²) in [6.45, 7) is 7.32. The zero-order valence-electron chi connectivity index (χ0n) is 17.1. The van der Waals surface area contributed by atoms with Crippen LogP contribution in [0.25, 0.3) is 0 Å². The van der Waals surface area contributed by atoms with E-state index < -0.39 is 15.9 Å². The van der Waals surface area contributed by atoms with E-state index >= 15 is 0 Å². The molecule has 0 spiro atoms. The number of nitrogens with zero attached hydrogens (tertiary/aromatic N) is 1. The van der Waals surface area contributed by atoms with Crippen LogP contribution in [0.4, 0.5) is 4.39 Å². The average Bonchev–Trinajstić information content (AvgIpc) is 2.67. The average molecular weight is 422 g/mol. The first-order valence-electron chi connectivity index (χ1n) is 9.78. The zero-order valence-corrected chi connectivity index (χ0v) is 17.9. The van der Waals surface area contributed by atoms with Crippen LogP contribution in [-0.2, 0) is 21.5 Å². The predicted molar refractivity (Wildman–Crippen MR) is 110 cm³/mol. The number of unbranched alkanes of at least 4 members (excludes halogenated alkanes) is 1. The fraction of sp³-hybridized carbons (Fsp3) is 0.409. The molecule has 7 heteroatoms. The van der Waals surface area contributed by atoms with Crippen molar-refractivity contribution in [3.63, 3.8) is 0 Å². The van der Waals surface area contributed by atoms with Gasteiger partial charge in [-0.1, -0.05) is 39.3 Å². The van der Waals surface area contributed by atoms with Gasteiger partial charge in [0.15, 0.2) is 0 Å². The third kappa shape index (κ3) is 7.16. The molecule has 158 valence electrons. The van der Waals surface area contributed by atoms with E-state index in [0.717, 1.165) is 42.7 Å². The first-order valence-corrected chi connectivity index (χ1v) is 11.2. The number of rotatable bonds is 10. The predicted octanol–water partition coefficient (Wildman–Crippen LogP) is 4.77. The Morgan fingerprint density at radius 1 is 1.07 bits per heavy atom. The summed E-state index contributed by atoms with van der Waals surface area (Å²) in [4.78, 5) is 14.2. The molecule has 2 rings (SSSR count). The van der Waals surface area contributed by atoms with Crippen molar-refractivity contribution in [1.29, 1.82) is 0 Å². The van der Waals surface area contributed by atoms with Crippen LogP contribution in [0.2, 0.25) is 0 Å². The second kappa shape index (κ2) is 10.4. The van der Waals surface area contributed by atoms with Crippen LogP contribution >= 0.6 is 0 Å². The smallest absolute Gasteiger partial charge is 0.339 e. The van der Waals surface area contributed by atoms with Gasteiger partial charge in [-0.05, 0) is 54.3 Å². The van der Waals surface area contributed by atoms with Crippen LogP contribution < -0.4 is 4.18 Å². The molecule has 0 saturated heterocycles. The Kier molecular flexibility index (Phi) is 8.20.